The lowest BCUT2D eigenvalue weighted by atomic mass is 9.94. The number of thiocarbonyl (C=S) groups is 1. The van der Waals surface area contributed by atoms with E-state index in [2.05, 4.69) is 16.3 Å². The number of fused-ring (bicyclic) bond motifs is 2. The highest BCUT2D eigenvalue weighted by molar-refractivity contribution is 8.26. The second kappa shape index (κ2) is 12.9. The molecule has 3 unspecified atom stereocenters. The molecule has 9 heteroatoms. The van der Waals surface area contributed by atoms with Crippen LogP contribution in [0.2, 0.25) is 0 Å². The zero-order chi connectivity index (χ0) is 28.3. The Morgan fingerprint density at radius 2 is 1.83 bits per heavy atom. The van der Waals surface area contributed by atoms with Gasteiger partial charge in [-0.05, 0) is 80.7 Å². The molecule has 1 amide bonds. The molecule has 2 saturated carbocycles. The van der Waals surface area contributed by atoms with Gasteiger partial charge >= 0.3 is 0 Å². The molecule has 41 heavy (non-hydrogen) atoms. The molecule has 1 aromatic heterocycles. The summed E-state index contributed by atoms with van der Waals surface area (Å²) in [6.45, 7) is 5.61. The number of methoxy groups -OCH3 is 2. The molecule has 7 nitrogen and oxygen atoms in total. The van der Waals surface area contributed by atoms with Gasteiger partial charge in [0.15, 0.2) is 0 Å². The van der Waals surface area contributed by atoms with Gasteiger partial charge in [0.1, 0.15) is 27.3 Å². The molecule has 3 atom stereocenters. The molecule has 3 heterocycles. The number of aryl methyl sites for hydroxylation is 1. The maximum atomic E-state index is 13.7. The first-order valence-corrected chi connectivity index (χ1v) is 16.3. The zero-order valence-electron chi connectivity index (χ0n) is 24.2. The molecule has 4 aliphatic rings. The predicted molar refractivity (Wildman–Crippen MR) is 168 cm³/mol. The second-order valence-corrected chi connectivity index (χ2v) is 13.5. The van der Waals surface area contributed by atoms with E-state index in [-0.39, 0.29) is 11.9 Å². The summed E-state index contributed by atoms with van der Waals surface area (Å²) in [7, 11) is 3.30. The highest BCUT2D eigenvalue weighted by atomic mass is 32.2. The monoisotopic (exact) mass is 595 g/mol. The minimum Gasteiger partial charge on any atom is -0.497 e. The van der Waals surface area contributed by atoms with Crippen molar-refractivity contribution in [3.8, 4) is 22.8 Å². The van der Waals surface area contributed by atoms with Crippen molar-refractivity contribution in [3.63, 3.8) is 0 Å². The molecular formula is C32H41N3O4S2. The van der Waals surface area contributed by atoms with E-state index >= 15 is 0 Å². The van der Waals surface area contributed by atoms with Crippen LogP contribution in [0.5, 0.6) is 11.5 Å². The number of piperazine rings is 1. The topological polar surface area (TPSA) is 67.2 Å². The smallest absolute Gasteiger partial charge is 0.266 e. The van der Waals surface area contributed by atoms with Crippen molar-refractivity contribution in [1.82, 2.24) is 15.1 Å². The molecular weight excluding hydrogens is 555 g/mol. The Bertz CT molecular complexity index is 1280. The van der Waals surface area contributed by atoms with Crippen LogP contribution in [-0.2, 0) is 11.2 Å². The van der Waals surface area contributed by atoms with Crippen LogP contribution in [0, 0.1) is 11.8 Å². The van der Waals surface area contributed by atoms with E-state index in [1.54, 1.807) is 14.2 Å². The number of amides is 1. The number of hydrogen-bond acceptors (Lipinski definition) is 8. The summed E-state index contributed by atoms with van der Waals surface area (Å²) in [4.78, 5) is 18.8. The fraction of sp³-hybridized carbons (Fsp3) is 0.562. The summed E-state index contributed by atoms with van der Waals surface area (Å²) in [6, 6.07) is 8.15. The molecule has 2 bridgehead atoms. The summed E-state index contributed by atoms with van der Waals surface area (Å²) in [5, 5.41) is 3.42. The first-order chi connectivity index (χ1) is 20.0. The molecule has 1 N–H and O–H groups in total. The molecule has 6 rings (SSSR count). The fourth-order valence-electron chi connectivity index (χ4n) is 7.03. The normalized spacial score (nSPS) is 25.6. The summed E-state index contributed by atoms with van der Waals surface area (Å²) in [6.07, 6.45) is 11.1. The van der Waals surface area contributed by atoms with Crippen LogP contribution in [0.25, 0.3) is 17.4 Å². The number of carbonyl (C=O) groups excluding carboxylic acids is 1. The number of nitrogens with zero attached hydrogens (tertiary/aromatic N) is 2. The van der Waals surface area contributed by atoms with E-state index in [1.807, 2.05) is 29.2 Å². The zero-order valence-corrected chi connectivity index (χ0v) is 25.8. The highest BCUT2D eigenvalue weighted by Crippen LogP contribution is 2.49. The molecule has 1 aromatic carbocycles. The maximum absolute atomic E-state index is 13.7. The Morgan fingerprint density at radius 1 is 1.05 bits per heavy atom. The molecule has 0 spiro atoms. The number of furan rings is 1. The van der Waals surface area contributed by atoms with Gasteiger partial charge in [-0.3, -0.25) is 9.69 Å². The molecule has 2 aromatic rings. The molecule has 220 valence electrons. The number of hydrogen-bond donors (Lipinski definition) is 1. The number of unbranched alkanes of at least 4 members (excludes halogenated alkanes) is 2. The van der Waals surface area contributed by atoms with Gasteiger partial charge in [0.2, 0.25) is 0 Å². The van der Waals surface area contributed by atoms with Gasteiger partial charge < -0.3 is 24.1 Å². The van der Waals surface area contributed by atoms with Crippen LogP contribution in [0.3, 0.4) is 0 Å². The van der Waals surface area contributed by atoms with Crippen LogP contribution < -0.4 is 14.8 Å². The molecule has 2 aliphatic carbocycles. The Hall–Kier alpha value is -2.33. The standard InChI is InChI=1S/C32H41N3O4S2/c1-37-25-16-24(17-26(19-25)38-2)28-18-23(6-4-3-5-11-34-12-9-33-10-13-34)29(39-28)20-30-31(36)35(32(40)41-30)27-15-21-7-8-22(27)14-21/h16-22,27,33H,3-15H2,1-2H3. The number of nitrogens with one attached hydrogen (secondary N) is 1. The molecule has 0 radical (unpaired) electrons. The van der Waals surface area contributed by atoms with Gasteiger partial charge in [0.05, 0.1) is 19.1 Å². The first kappa shape index (κ1) is 28.8. The lowest BCUT2D eigenvalue weighted by Crippen LogP contribution is -2.43. The fourth-order valence-corrected chi connectivity index (χ4v) is 8.37. The Kier molecular flexibility index (Phi) is 9.05. The van der Waals surface area contributed by atoms with Gasteiger partial charge in [-0.15, -0.1) is 0 Å². The van der Waals surface area contributed by atoms with E-state index in [0.29, 0.717) is 26.6 Å². The lowest BCUT2D eigenvalue weighted by molar-refractivity contribution is -0.124. The summed E-state index contributed by atoms with van der Waals surface area (Å²) < 4.78 is 18.2. The van der Waals surface area contributed by atoms with E-state index in [0.717, 1.165) is 87.0 Å². The third-order valence-corrected chi connectivity index (χ3v) is 10.6. The van der Waals surface area contributed by atoms with Crippen molar-refractivity contribution in [1.29, 1.82) is 0 Å². The van der Waals surface area contributed by atoms with Gasteiger partial charge in [0, 0.05) is 49.9 Å². The quantitative estimate of drug-likeness (QED) is 0.194. The van der Waals surface area contributed by atoms with Gasteiger partial charge in [-0.2, -0.15) is 0 Å². The third-order valence-electron chi connectivity index (χ3n) is 9.23. The van der Waals surface area contributed by atoms with Crippen molar-refractivity contribution in [2.24, 2.45) is 11.8 Å². The van der Waals surface area contributed by atoms with Crippen molar-refractivity contribution in [3.05, 3.63) is 40.5 Å². The average Bonchev–Trinajstić information content (AvgIpc) is 3.78. The largest absolute Gasteiger partial charge is 0.497 e. The van der Waals surface area contributed by atoms with E-state index < -0.39 is 0 Å². The Labute approximate surface area is 253 Å². The van der Waals surface area contributed by atoms with E-state index in [4.69, 9.17) is 26.1 Å². The number of thioether (sulfide) groups is 1. The number of benzene rings is 1. The molecule has 2 aliphatic heterocycles. The van der Waals surface area contributed by atoms with Crippen molar-refractivity contribution < 1.29 is 18.7 Å². The maximum Gasteiger partial charge on any atom is 0.266 e. The average molecular weight is 596 g/mol. The summed E-state index contributed by atoms with van der Waals surface area (Å²) in [5.41, 5.74) is 2.00. The molecule has 2 saturated heterocycles. The Balaban J connectivity index is 1.21. The highest BCUT2D eigenvalue weighted by Gasteiger charge is 2.48. The van der Waals surface area contributed by atoms with Crippen molar-refractivity contribution in [2.75, 3.05) is 46.9 Å². The van der Waals surface area contributed by atoms with Crippen LogP contribution in [0.4, 0.5) is 0 Å². The van der Waals surface area contributed by atoms with Gasteiger partial charge in [0.25, 0.3) is 5.91 Å². The third kappa shape index (κ3) is 6.38. The summed E-state index contributed by atoms with van der Waals surface area (Å²) in [5.74, 6) is 4.30. The van der Waals surface area contributed by atoms with Crippen LogP contribution in [0.15, 0.2) is 33.6 Å². The number of ether oxygens (including phenoxy) is 2. The van der Waals surface area contributed by atoms with Crippen LogP contribution >= 0.6 is 24.0 Å². The SMILES string of the molecule is COc1cc(OC)cc(-c2cc(CCCCCN3CCNCC3)c(C=C3SC(=S)N(C4CC5CCC4C5)C3=O)o2)c1. The number of rotatable bonds is 11. The van der Waals surface area contributed by atoms with E-state index in [9.17, 15) is 4.79 Å². The summed E-state index contributed by atoms with van der Waals surface area (Å²) >= 11 is 7.17. The predicted octanol–water partition coefficient (Wildman–Crippen LogP) is 5.97. The minimum atomic E-state index is 0.0421. The lowest BCUT2D eigenvalue weighted by Gasteiger charge is -2.30. The number of carbonyl (C=O) groups is 1. The van der Waals surface area contributed by atoms with Crippen molar-refractivity contribution >= 4 is 40.3 Å². The Morgan fingerprint density at radius 3 is 2.51 bits per heavy atom. The van der Waals surface area contributed by atoms with Gasteiger partial charge in [-0.25, -0.2) is 0 Å². The van der Waals surface area contributed by atoms with Crippen LogP contribution in [-0.4, -0.2) is 73.0 Å². The van der Waals surface area contributed by atoms with E-state index in [1.165, 1.54) is 37.4 Å². The van der Waals surface area contributed by atoms with Crippen molar-refractivity contribution in [2.45, 2.75) is 57.4 Å². The molecule has 4 fully saturated rings. The first-order valence-electron chi connectivity index (χ1n) is 15.1. The van der Waals surface area contributed by atoms with Gasteiger partial charge in [-0.1, -0.05) is 36.8 Å². The minimum absolute atomic E-state index is 0.0421. The second-order valence-electron chi connectivity index (χ2n) is 11.8. The van der Waals surface area contributed by atoms with Crippen LogP contribution in [0.1, 0.15) is 56.3 Å².